The number of amides is 1. The van der Waals surface area contributed by atoms with Crippen LogP contribution in [0.25, 0.3) is 0 Å². The molecular weight excluding hydrogens is 304 g/mol. The first-order valence-corrected chi connectivity index (χ1v) is 7.69. The highest BCUT2D eigenvalue weighted by Crippen LogP contribution is 2.30. The number of hydrogen-bond donors (Lipinski definition) is 0. The van der Waals surface area contributed by atoms with E-state index < -0.39 is 5.97 Å². The average Bonchev–Trinajstić information content (AvgIpc) is 2.74. The van der Waals surface area contributed by atoms with Gasteiger partial charge in [-0.3, -0.25) is 19.5 Å². The summed E-state index contributed by atoms with van der Waals surface area (Å²) in [7, 11) is 1.31. The lowest BCUT2D eigenvalue weighted by Gasteiger charge is -2.23. The lowest BCUT2D eigenvalue weighted by atomic mass is 9.97. The zero-order chi connectivity index (χ0) is 17.1. The van der Waals surface area contributed by atoms with Crippen molar-refractivity contribution in [1.29, 1.82) is 0 Å². The SMILES string of the molecule is COC(=O)CN1C(=O)CN=C(c2ccccc2)c2cccc(C)c21. The number of anilines is 1. The maximum absolute atomic E-state index is 12.6. The molecule has 1 aliphatic rings. The Bertz CT molecular complexity index is 813. The van der Waals surface area contributed by atoms with Gasteiger partial charge in [0.1, 0.15) is 13.1 Å². The Morgan fingerprint density at radius 2 is 1.92 bits per heavy atom. The summed E-state index contributed by atoms with van der Waals surface area (Å²) < 4.78 is 4.74. The molecule has 1 heterocycles. The Hall–Kier alpha value is -2.95. The number of esters is 1. The molecule has 0 N–H and O–H groups in total. The maximum atomic E-state index is 12.6. The van der Waals surface area contributed by atoms with Gasteiger partial charge in [0.25, 0.3) is 0 Å². The number of benzene rings is 2. The van der Waals surface area contributed by atoms with E-state index in [4.69, 9.17) is 4.74 Å². The molecule has 24 heavy (non-hydrogen) atoms. The van der Waals surface area contributed by atoms with Crippen LogP contribution in [0.2, 0.25) is 0 Å². The molecule has 1 amide bonds. The van der Waals surface area contributed by atoms with Gasteiger partial charge in [-0.25, -0.2) is 0 Å². The predicted octanol–water partition coefficient (Wildman–Crippen LogP) is 2.35. The molecule has 5 nitrogen and oxygen atoms in total. The lowest BCUT2D eigenvalue weighted by molar-refractivity contribution is -0.139. The Balaban J connectivity index is 2.16. The zero-order valence-electron chi connectivity index (χ0n) is 13.7. The molecule has 0 saturated heterocycles. The van der Waals surface area contributed by atoms with Crippen LogP contribution in [-0.2, 0) is 14.3 Å². The summed E-state index contributed by atoms with van der Waals surface area (Å²) in [5, 5.41) is 0. The first-order chi connectivity index (χ1) is 11.6. The van der Waals surface area contributed by atoms with Crippen LogP contribution in [0.4, 0.5) is 5.69 Å². The quantitative estimate of drug-likeness (QED) is 0.815. The summed E-state index contributed by atoms with van der Waals surface area (Å²) in [5.41, 5.74) is 4.17. The molecule has 0 fully saturated rings. The third kappa shape index (κ3) is 2.93. The minimum atomic E-state index is -0.458. The largest absolute Gasteiger partial charge is 0.468 e. The Morgan fingerprint density at radius 1 is 1.17 bits per heavy atom. The molecule has 0 bridgehead atoms. The zero-order valence-corrected chi connectivity index (χ0v) is 13.7. The summed E-state index contributed by atoms with van der Waals surface area (Å²) in [4.78, 5) is 30.3. The standard InChI is InChI=1S/C19H18N2O3/c1-13-7-6-10-15-18(14-8-4-3-5-9-14)20-11-16(22)21(19(13)15)12-17(23)24-2/h3-10H,11-12H2,1-2H3. The molecular formula is C19H18N2O3. The molecule has 3 rings (SSSR count). The molecule has 0 aliphatic carbocycles. The summed E-state index contributed by atoms with van der Waals surface area (Å²) in [5.74, 6) is -0.678. The van der Waals surface area contributed by atoms with Crippen molar-refractivity contribution in [3.05, 3.63) is 65.2 Å². The fourth-order valence-electron chi connectivity index (χ4n) is 2.85. The molecule has 0 saturated carbocycles. The van der Waals surface area contributed by atoms with Crippen LogP contribution in [0, 0.1) is 6.92 Å². The van der Waals surface area contributed by atoms with Crippen molar-refractivity contribution in [2.24, 2.45) is 4.99 Å². The number of methoxy groups -OCH3 is 1. The van der Waals surface area contributed by atoms with E-state index in [1.165, 1.54) is 12.0 Å². The van der Waals surface area contributed by atoms with E-state index in [9.17, 15) is 9.59 Å². The summed E-state index contributed by atoms with van der Waals surface area (Å²) >= 11 is 0. The molecule has 1 aliphatic heterocycles. The molecule has 5 heteroatoms. The van der Waals surface area contributed by atoms with E-state index in [0.717, 1.165) is 22.4 Å². The summed E-state index contributed by atoms with van der Waals surface area (Å²) in [6, 6.07) is 15.5. The van der Waals surface area contributed by atoms with E-state index in [2.05, 4.69) is 4.99 Å². The van der Waals surface area contributed by atoms with Gasteiger partial charge in [0, 0.05) is 11.1 Å². The summed E-state index contributed by atoms with van der Waals surface area (Å²) in [6.45, 7) is 1.80. The van der Waals surface area contributed by atoms with Gasteiger partial charge < -0.3 is 4.74 Å². The van der Waals surface area contributed by atoms with Crippen molar-refractivity contribution < 1.29 is 14.3 Å². The van der Waals surface area contributed by atoms with Gasteiger partial charge in [-0.15, -0.1) is 0 Å². The van der Waals surface area contributed by atoms with E-state index in [0.29, 0.717) is 5.69 Å². The number of benzodiazepines with no additional fused rings is 1. The van der Waals surface area contributed by atoms with Crippen LogP contribution in [0.1, 0.15) is 16.7 Å². The molecule has 0 spiro atoms. The number of carbonyl (C=O) groups excluding carboxylic acids is 2. The number of carbonyl (C=O) groups is 2. The normalized spacial score (nSPS) is 13.8. The number of fused-ring (bicyclic) bond motifs is 1. The van der Waals surface area contributed by atoms with Crippen LogP contribution in [-0.4, -0.2) is 37.8 Å². The first-order valence-electron chi connectivity index (χ1n) is 7.69. The van der Waals surface area contributed by atoms with Gasteiger partial charge in [0.15, 0.2) is 0 Å². The van der Waals surface area contributed by atoms with Gasteiger partial charge in [0.05, 0.1) is 18.5 Å². The van der Waals surface area contributed by atoms with Crippen molar-refractivity contribution >= 4 is 23.3 Å². The number of para-hydroxylation sites is 1. The molecule has 0 unspecified atom stereocenters. The van der Waals surface area contributed by atoms with E-state index in [1.54, 1.807) is 0 Å². The van der Waals surface area contributed by atoms with Gasteiger partial charge in [-0.05, 0) is 12.5 Å². The predicted molar refractivity (Wildman–Crippen MR) is 92.5 cm³/mol. The van der Waals surface area contributed by atoms with Gasteiger partial charge in [-0.1, -0.05) is 48.5 Å². The number of aryl methyl sites for hydroxylation is 1. The van der Waals surface area contributed by atoms with E-state index in [-0.39, 0.29) is 19.0 Å². The monoisotopic (exact) mass is 322 g/mol. The second-order valence-corrected chi connectivity index (χ2v) is 5.56. The molecule has 122 valence electrons. The van der Waals surface area contributed by atoms with Crippen LogP contribution in [0.15, 0.2) is 53.5 Å². The van der Waals surface area contributed by atoms with Crippen molar-refractivity contribution in [1.82, 2.24) is 0 Å². The van der Waals surface area contributed by atoms with Crippen LogP contribution >= 0.6 is 0 Å². The number of nitrogens with zero attached hydrogens (tertiary/aromatic N) is 2. The maximum Gasteiger partial charge on any atom is 0.325 e. The van der Waals surface area contributed by atoms with Crippen molar-refractivity contribution in [2.75, 3.05) is 25.1 Å². The lowest BCUT2D eigenvalue weighted by Crippen LogP contribution is -2.38. The van der Waals surface area contributed by atoms with E-state index in [1.807, 2.05) is 55.5 Å². The fraction of sp³-hybridized carbons (Fsp3) is 0.211. The third-order valence-corrected chi connectivity index (χ3v) is 4.00. The number of rotatable bonds is 3. The van der Waals surface area contributed by atoms with Crippen molar-refractivity contribution in [3.8, 4) is 0 Å². The van der Waals surface area contributed by atoms with Crippen LogP contribution in [0.5, 0.6) is 0 Å². The Labute approximate surface area is 140 Å². The van der Waals surface area contributed by atoms with Gasteiger partial charge in [0.2, 0.25) is 5.91 Å². The number of hydrogen-bond acceptors (Lipinski definition) is 4. The van der Waals surface area contributed by atoms with E-state index >= 15 is 0 Å². The second-order valence-electron chi connectivity index (χ2n) is 5.56. The average molecular weight is 322 g/mol. The van der Waals surface area contributed by atoms with Gasteiger partial charge in [-0.2, -0.15) is 0 Å². The molecule has 0 aromatic heterocycles. The highest BCUT2D eigenvalue weighted by atomic mass is 16.5. The van der Waals surface area contributed by atoms with Crippen LogP contribution in [0.3, 0.4) is 0 Å². The van der Waals surface area contributed by atoms with Crippen molar-refractivity contribution in [2.45, 2.75) is 6.92 Å². The minimum absolute atomic E-state index is 0.00462. The van der Waals surface area contributed by atoms with Crippen molar-refractivity contribution in [3.63, 3.8) is 0 Å². The molecule has 2 aromatic carbocycles. The second kappa shape index (κ2) is 6.66. The Morgan fingerprint density at radius 3 is 2.62 bits per heavy atom. The van der Waals surface area contributed by atoms with Crippen LogP contribution < -0.4 is 4.90 Å². The molecule has 0 atom stereocenters. The third-order valence-electron chi connectivity index (χ3n) is 4.00. The topological polar surface area (TPSA) is 59.0 Å². The highest BCUT2D eigenvalue weighted by Gasteiger charge is 2.28. The highest BCUT2D eigenvalue weighted by molar-refractivity contribution is 6.20. The Kier molecular flexibility index (Phi) is 4.42. The molecule has 0 radical (unpaired) electrons. The fourth-order valence-corrected chi connectivity index (χ4v) is 2.85. The summed E-state index contributed by atoms with van der Waals surface area (Å²) in [6.07, 6.45) is 0. The minimum Gasteiger partial charge on any atom is -0.468 e. The number of aliphatic imine (C=N–C) groups is 1. The first kappa shape index (κ1) is 15.9. The smallest absolute Gasteiger partial charge is 0.325 e. The van der Waals surface area contributed by atoms with Gasteiger partial charge >= 0.3 is 5.97 Å². The molecule has 2 aromatic rings. The number of ether oxygens (including phenoxy) is 1.